The maximum absolute atomic E-state index is 12.8. The van der Waals surface area contributed by atoms with Crippen molar-refractivity contribution in [3.05, 3.63) is 86.8 Å². The zero-order valence-electron chi connectivity index (χ0n) is 14.2. The Kier molecular flexibility index (Phi) is 3.98. The molecule has 0 saturated carbocycles. The van der Waals surface area contributed by atoms with E-state index < -0.39 is 0 Å². The fourth-order valence-electron chi connectivity index (χ4n) is 3.10. The van der Waals surface area contributed by atoms with E-state index in [1.54, 1.807) is 11.3 Å². The van der Waals surface area contributed by atoms with Crippen molar-refractivity contribution in [3.63, 3.8) is 0 Å². The van der Waals surface area contributed by atoms with Gasteiger partial charge in [-0.2, -0.15) is 0 Å². The predicted octanol–water partition coefficient (Wildman–Crippen LogP) is 4.86. The summed E-state index contributed by atoms with van der Waals surface area (Å²) in [6, 6.07) is 18.4. The van der Waals surface area contributed by atoms with Crippen LogP contribution in [-0.4, -0.2) is 9.97 Å². The zero-order valence-corrected chi connectivity index (χ0v) is 15.0. The highest BCUT2D eigenvalue weighted by atomic mass is 32.1. The van der Waals surface area contributed by atoms with Gasteiger partial charge < -0.3 is 4.98 Å². The molecule has 0 amide bonds. The van der Waals surface area contributed by atoms with Crippen LogP contribution in [0.1, 0.15) is 21.8 Å². The maximum Gasteiger partial charge on any atom is 0.260 e. The van der Waals surface area contributed by atoms with E-state index in [0.29, 0.717) is 17.6 Å². The summed E-state index contributed by atoms with van der Waals surface area (Å²) in [4.78, 5) is 22.4. The van der Waals surface area contributed by atoms with E-state index in [9.17, 15) is 4.79 Å². The van der Waals surface area contributed by atoms with Crippen molar-refractivity contribution in [3.8, 4) is 11.1 Å². The molecule has 0 spiro atoms. The molecule has 1 N–H and O–H groups in total. The van der Waals surface area contributed by atoms with Crippen molar-refractivity contribution >= 4 is 21.6 Å². The molecule has 2 aromatic carbocycles. The molecule has 0 radical (unpaired) electrons. The summed E-state index contributed by atoms with van der Waals surface area (Å²) < 4.78 is 0. The zero-order chi connectivity index (χ0) is 17.4. The summed E-state index contributed by atoms with van der Waals surface area (Å²) in [6.07, 6.45) is 0.628. The molecule has 3 nitrogen and oxygen atoms in total. The van der Waals surface area contributed by atoms with E-state index in [1.165, 1.54) is 5.56 Å². The average molecular weight is 346 g/mol. The highest BCUT2D eigenvalue weighted by molar-refractivity contribution is 7.19. The molecule has 2 heterocycles. The predicted molar refractivity (Wildman–Crippen MR) is 104 cm³/mol. The Morgan fingerprint density at radius 2 is 1.72 bits per heavy atom. The number of benzene rings is 2. The first kappa shape index (κ1) is 15.8. The molecule has 124 valence electrons. The number of hydrogen-bond acceptors (Lipinski definition) is 3. The number of aromatic amines is 1. The van der Waals surface area contributed by atoms with E-state index in [1.807, 2.05) is 30.3 Å². The van der Waals surface area contributed by atoms with E-state index in [4.69, 9.17) is 4.98 Å². The number of thiophene rings is 1. The van der Waals surface area contributed by atoms with Gasteiger partial charge in [-0.3, -0.25) is 4.79 Å². The number of hydrogen-bond donors (Lipinski definition) is 1. The van der Waals surface area contributed by atoms with Crippen LogP contribution >= 0.6 is 11.3 Å². The van der Waals surface area contributed by atoms with Gasteiger partial charge in [0, 0.05) is 16.9 Å². The third-order valence-corrected chi connectivity index (χ3v) is 5.34. The van der Waals surface area contributed by atoms with Crippen molar-refractivity contribution < 1.29 is 0 Å². The van der Waals surface area contributed by atoms with Gasteiger partial charge in [0.05, 0.1) is 5.39 Å². The van der Waals surface area contributed by atoms with Crippen molar-refractivity contribution in [2.45, 2.75) is 20.3 Å². The van der Waals surface area contributed by atoms with Crippen molar-refractivity contribution in [1.82, 2.24) is 9.97 Å². The molecule has 4 rings (SSSR count). The van der Waals surface area contributed by atoms with Gasteiger partial charge in [0.25, 0.3) is 5.56 Å². The minimum absolute atomic E-state index is 0.0594. The van der Waals surface area contributed by atoms with Crippen molar-refractivity contribution in [2.24, 2.45) is 0 Å². The number of H-pyrrole nitrogens is 1. The number of nitrogens with zero attached hydrogens (tertiary/aromatic N) is 1. The second-order valence-electron chi connectivity index (χ2n) is 6.25. The quantitative estimate of drug-likeness (QED) is 0.576. The molecular weight excluding hydrogens is 328 g/mol. The lowest BCUT2D eigenvalue weighted by atomic mass is 10.0. The van der Waals surface area contributed by atoms with Gasteiger partial charge in [0.1, 0.15) is 10.7 Å². The Balaban J connectivity index is 1.84. The third kappa shape index (κ3) is 3.01. The second-order valence-corrected chi connectivity index (χ2v) is 7.46. The Morgan fingerprint density at radius 1 is 1.00 bits per heavy atom. The third-order valence-electron chi connectivity index (χ3n) is 4.34. The van der Waals surface area contributed by atoms with Crippen LogP contribution in [0, 0.1) is 13.8 Å². The molecule has 0 unspecified atom stereocenters. The van der Waals surface area contributed by atoms with Gasteiger partial charge in [0.15, 0.2) is 0 Å². The molecule has 4 aromatic rings. The van der Waals surface area contributed by atoms with E-state index >= 15 is 0 Å². The highest BCUT2D eigenvalue weighted by Crippen LogP contribution is 2.35. The van der Waals surface area contributed by atoms with E-state index in [0.717, 1.165) is 26.4 Å². The van der Waals surface area contributed by atoms with E-state index in [-0.39, 0.29) is 5.56 Å². The molecule has 0 bridgehead atoms. The maximum atomic E-state index is 12.8. The fourth-order valence-corrected chi connectivity index (χ4v) is 4.17. The largest absolute Gasteiger partial charge is 0.310 e. The summed E-state index contributed by atoms with van der Waals surface area (Å²) >= 11 is 1.59. The normalized spacial score (nSPS) is 11.1. The Bertz CT molecular complexity index is 1090. The van der Waals surface area contributed by atoms with Gasteiger partial charge >= 0.3 is 0 Å². The number of fused-ring (bicyclic) bond motifs is 1. The Hall–Kier alpha value is -2.72. The standard InChI is InChI=1S/C21H18N2OS/c1-13-8-10-16(11-9-13)18-14(2)25-21-19(18)20(24)22-17(23-21)12-15-6-4-3-5-7-15/h3-11H,12H2,1-2H3,(H,22,23,24). The molecule has 0 aliphatic carbocycles. The van der Waals surface area contributed by atoms with Crippen LogP contribution in [0.4, 0.5) is 0 Å². The number of aryl methyl sites for hydroxylation is 2. The van der Waals surface area contributed by atoms with Crippen LogP contribution in [0.25, 0.3) is 21.3 Å². The summed E-state index contributed by atoms with van der Waals surface area (Å²) in [5, 5.41) is 0.697. The Morgan fingerprint density at radius 3 is 2.44 bits per heavy atom. The van der Waals surface area contributed by atoms with Gasteiger partial charge in [-0.1, -0.05) is 60.2 Å². The molecule has 0 aliphatic rings. The SMILES string of the molecule is Cc1ccc(-c2c(C)sc3nc(Cc4ccccc4)[nH]c(=O)c23)cc1. The summed E-state index contributed by atoms with van der Waals surface area (Å²) in [5.41, 5.74) is 4.35. The summed E-state index contributed by atoms with van der Waals surface area (Å²) in [5.74, 6) is 0.709. The smallest absolute Gasteiger partial charge is 0.260 e. The van der Waals surface area contributed by atoms with E-state index in [2.05, 4.69) is 43.1 Å². The summed E-state index contributed by atoms with van der Waals surface area (Å²) in [6.45, 7) is 4.12. The fraction of sp³-hybridized carbons (Fsp3) is 0.143. The van der Waals surface area contributed by atoms with Gasteiger partial charge in [-0.05, 0) is 25.0 Å². The van der Waals surface area contributed by atoms with Crippen LogP contribution < -0.4 is 5.56 Å². The molecule has 4 heteroatoms. The first-order chi connectivity index (χ1) is 12.1. The van der Waals surface area contributed by atoms with Crippen LogP contribution in [0.15, 0.2) is 59.4 Å². The molecule has 0 aliphatic heterocycles. The number of rotatable bonds is 3. The average Bonchev–Trinajstić information content (AvgIpc) is 2.93. The van der Waals surface area contributed by atoms with Gasteiger partial charge in [-0.25, -0.2) is 4.98 Å². The van der Waals surface area contributed by atoms with Crippen LogP contribution in [-0.2, 0) is 6.42 Å². The summed E-state index contributed by atoms with van der Waals surface area (Å²) in [7, 11) is 0. The molecule has 0 atom stereocenters. The topological polar surface area (TPSA) is 45.8 Å². The van der Waals surface area contributed by atoms with Crippen molar-refractivity contribution in [1.29, 1.82) is 0 Å². The minimum atomic E-state index is -0.0594. The monoisotopic (exact) mass is 346 g/mol. The first-order valence-electron chi connectivity index (χ1n) is 8.25. The number of aromatic nitrogens is 2. The molecule has 25 heavy (non-hydrogen) atoms. The van der Waals surface area contributed by atoms with Crippen LogP contribution in [0.5, 0.6) is 0 Å². The Labute approximate surface area is 150 Å². The highest BCUT2D eigenvalue weighted by Gasteiger charge is 2.16. The van der Waals surface area contributed by atoms with Crippen molar-refractivity contribution in [2.75, 3.05) is 0 Å². The van der Waals surface area contributed by atoms with Gasteiger partial charge in [-0.15, -0.1) is 11.3 Å². The second kappa shape index (κ2) is 6.30. The number of nitrogens with one attached hydrogen (secondary N) is 1. The molecule has 0 fully saturated rings. The van der Waals surface area contributed by atoms with Gasteiger partial charge in [0.2, 0.25) is 0 Å². The lowest BCUT2D eigenvalue weighted by Crippen LogP contribution is -2.11. The van der Waals surface area contributed by atoms with Crippen LogP contribution in [0.3, 0.4) is 0 Å². The lowest BCUT2D eigenvalue weighted by molar-refractivity contribution is 0.977. The first-order valence-corrected chi connectivity index (χ1v) is 9.07. The molecular formula is C21H18N2OS. The lowest BCUT2D eigenvalue weighted by Gasteiger charge is -2.04. The molecule has 2 aromatic heterocycles. The van der Waals surface area contributed by atoms with Crippen LogP contribution in [0.2, 0.25) is 0 Å². The minimum Gasteiger partial charge on any atom is -0.310 e. The molecule has 0 saturated heterocycles.